The number of rotatable bonds is 2. The van der Waals surface area contributed by atoms with Crippen LogP contribution in [0.1, 0.15) is 23.8 Å². The Kier molecular flexibility index (Phi) is 3.25. The van der Waals surface area contributed by atoms with Gasteiger partial charge in [-0.25, -0.2) is 0 Å². The first-order valence-corrected chi connectivity index (χ1v) is 6.84. The molecule has 2 amide bonds. The maximum absolute atomic E-state index is 12.6. The predicted octanol–water partition coefficient (Wildman–Crippen LogP) is 0.496. The molecule has 1 atom stereocenters. The molecule has 0 bridgehead atoms. The molecule has 2 aromatic rings. The van der Waals surface area contributed by atoms with E-state index in [4.69, 9.17) is 5.73 Å². The number of nitrogens with two attached hydrogens (primary N) is 1. The molecule has 7 nitrogen and oxygen atoms in total. The average molecular weight is 287 g/mol. The van der Waals surface area contributed by atoms with Crippen molar-refractivity contribution in [3.8, 4) is 0 Å². The number of likely N-dealkylation sites (tertiary alicyclic amines) is 1. The van der Waals surface area contributed by atoms with Crippen LogP contribution in [0.25, 0.3) is 10.9 Å². The summed E-state index contributed by atoms with van der Waals surface area (Å²) in [5.41, 5.74) is 7.52. The molecule has 21 heavy (non-hydrogen) atoms. The number of hydrogen-bond acceptors (Lipinski definition) is 4. The molecular weight excluding hydrogens is 270 g/mol. The Morgan fingerprint density at radius 2 is 2.29 bits per heavy atom. The summed E-state index contributed by atoms with van der Waals surface area (Å²) >= 11 is 0. The van der Waals surface area contributed by atoms with E-state index in [0.29, 0.717) is 24.5 Å². The van der Waals surface area contributed by atoms with Gasteiger partial charge in [0.25, 0.3) is 5.91 Å². The second-order valence-corrected chi connectivity index (χ2v) is 5.31. The van der Waals surface area contributed by atoms with Crippen LogP contribution in [0.3, 0.4) is 0 Å². The number of amides is 2. The lowest BCUT2D eigenvalue weighted by atomic mass is 10.2. The lowest BCUT2D eigenvalue weighted by Crippen LogP contribution is -2.37. The van der Waals surface area contributed by atoms with Gasteiger partial charge < -0.3 is 16.0 Å². The molecular formula is C14H17N5O2. The zero-order valence-electron chi connectivity index (χ0n) is 11.7. The van der Waals surface area contributed by atoms with Crippen molar-refractivity contribution in [3.05, 3.63) is 23.9 Å². The van der Waals surface area contributed by atoms with Gasteiger partial charge in [0.05, 0.1) is 5.52 Å². The zero-order valence-corrected chi connectivity index (χ0v) is 11.7. The van der Waals surface area contributed by atoms with E-state index in [-0.39, 0.29) is 17.9 Å². The van der Waals surface area contributed by atoms with Crippen LogP contribution in [0.15, 0.2) is 18.2 Å². The van der Waals surface area contributed by atoms with E-state index in [1.807, 2.05) is 0 Å². The number of anilines is 1. The van der Waals surface area contributed by atoms with Gasteiger partial charge in [-0.2, -0.15) is 5.10 Å². The second-order valence-electron chi connectivity index (χ2n) is 5.31. The lowest BCUT2D eigenvalue weighted by molar-refractivity contribution is -0.119. The number of fused-ring (bicyclic) bond motifs is 1. The number of aromatic nitrogens is 2. The molecule has 1 aromatic heterocycles. The molecule has 1 saturated heterocycles. The molecule has 1 aromatic carbocycles. The largest absolute Gasteiger partial charge is 0.399 e. The fourth-order valence-corrected chi connectivity index (χ4v) is 2.69. The third-order valence-electron chi connectivity index (χ3n) is 3.67. The van der Waals surface area contributed by atoms with E-state index in [2.05, 4.69) is 15.5 Å². The van der Waals surface area contributed by atoms with Crippen molar-refractivity contribution < 1.29 is 9.59 Å². The molecule has 7 heteroatoms. The first-order valence-electron chi connectivity index (χ1n) is 6.84. The lowest BCUT2D eigenvalue weighted by Gasteiger charge is -2.15. The highest BCUT2D eigenvalue weighted by Crippen LogP contribution is 2.21. The monoisotopic (exact) mass is 287 g/mol. The quantitative estimate of drug-likeness (QED) is 0.699. The van der Waals surface area contributed by atoms with Gasteiger partial charge in [0, 0.05) is 37.1 Å². The highest BCUT2D eigenvalue weighted by Gasteiger charge is 2.29. The maximum atomic E-state index is 12.6. The van der Waals surface area contributed by atoms with Gasteiger partial charge in [-0.05, 0) is 24.6 Å². The Morgan fingerprint density at radius 3 is 3.05 bits per heavy atom. The summed E-state index contributed by atoms with van der Waals surface area (Å²) in [5.74, 6) is -0.216. The molecule has 0 radical (unpaired) electrons. The highest BCUT2D eigenvalue weighted by atomic mass is 16.2. The van der Waals surface area contributed by atoms with Crippen molar-refractivity contribution in [2.45, 2.75) is 19.4 Å². The smallest absolute Gasteiger partial charge is 0.275 e. The van der Waals surface area contributed by atoms with Crippen LogP contribution in [0, 0.1) is 0 Å². The number of carbonyl (C=O) groups is 2. The van der Waals surface area contributed by atoms with Gasteiger partial charge in [-0.15, -0.1) is 0 Å². The van der Waals surface area contributed by atoms with E-state index in [0.717, 1.165) is 17.3 Å². The number of benzene rings is 1. The number of hydrogen-bond donors (Lipinski definition) is 3. The molecule has 3 rings (SSSR count). The molecule has 1 fully saturated rings. The van der Waals surface area contributed by atoms with Crippen molar-refractivity contribution in [1.82, 2.24) is 20.4 Å². The van der Waals surface area contributed by atoms with Crippen molar-refractivity contribution >= 4 is 28.4 Å². The molecule has 1 aliphatic rings. The minimum absolute atomic E-state index is 0.0155. The summed E-state index contributed by atoms with van der Waals surface area (Å²) in [7, 11) is 0. The summed E-state index contributed by atoms with van der Waals surface area (Å²) in [5, 5.41) is 10.5. The highest BCUT2D eigenvalue weighted by molar-refractivity contribution is 6.05. The van der Waals surface area contributed by atoms with Gasteiger partial charge >= 0.3 is 0 Å². The molecule has 0 aliphatic carbocycles. The van der Waals surface area contributed by atoms with E-state index < -0.39 is 0 Å². The van der Waals surface area contributed by atoms with Crippen LogP contribution in [-0.4, -0.2) is 46.0 Å². The first kappa shape index (κ1) is 13.4. The third kappa shape index (κ3) is 2.54. The number of H-pyrrole nitrogens is 1. The van der Waals surface area contributed by atoms with E-state index in [1.54, 1.807) is 23.1 Å². The standard InChI is InChI=1S/C14H17N5O2/c1-8(20)16-10-4-5-19(7-10)14(21)13-11-6-9(15)2-3-12(11)17-18-13/h2-3,6,10H,4-5,7,15H2,1H3,(H,16,20)(H,17,18). The van der Waals surface area contributed by atoms with Crippen LogP contribution < -0.4 is 11.1 Å². The Labute approximate surface area is 121 Å². The topological polar surface area (TPSA) is 104 Å². The Balaban J connectivity index is 1.81. The predicted molar refractivity (Wildman–Crippen MR) is 78.6 cm³/mol. The number of aromatic amines is 1. The summed E-state index contributed by atoms with van der Waals surface area (Å²) in [6, 6.07) is 5.32. The zero-order chi connectivity index (χ0) is 15.0. The normalized spacial score (nSPS) is 18.1. The van der Waals surface area contributed by atoms with Gasteiger partial charge in [0.15, 0.2) is 5.69 Å². The Hall–Kier alpha value is -2.57. The first-order chi connectivity index (χ1) is 10.0. The molecule has 0 spiro atoms. The van der Waals surface area contributed by atoms with Crippen molar-refractivity contribution in [2.24, 2.45) is 0 Å². The van der Waals surface area contributed by atoms with E-state index in [1.165, 1.54) is 6.92 Å². The number of nitrogens with zero attached hydrogens (tertiary/aromatic N) is 2. The van der Waals surface area contributed by atoms with Gasteiger partial charge in [-0.3, -0.25) is 14.7 Å². The molecule has 1 aliphatic heterocycles. The van der Waals surface area contributed by atoms with Crippen LogP contribution in [-0.2, 0) is 4.79 Å². The molecule has 0 saturated carbocycles. The summed E-state index contributed by atoms with van der Waals surface area (Å²) in [4.78, 5) is 25.3. The van der Waals surface area contributed by atoms with E-state index in [9.17, 15) is 9.59 Å². The maximum Gasteiger partial charge on any atom is 0.275 e. The molecule has 4 N–H and O–H groups in total. The van der Waals surface area contributed by atoms with Crippen LogP contribution in [0.4, 0.5) is 5.69 Å². The summed E-state index contributed by atoms with van der Waals surface area (Å²) in [6.45, 7) is 2.60. The fraction of sp³-hybridized carbons (Fsp3) is 0.357. The molecule has 1 unspecified atom stereocenters. The van der Waals surface area contributed by atoms with Gasteiger partial charge in [0.2, 0.25) is 5.91 Å². The minimum atomic E-state index is -0.139. The summed E-state index contributed by atoms with van der Waals surface area (Å²) in [6.07, 6.45) is 0.760. The Bertz CT molecular complexity index is 708. The Morgan fingerprint density at radius 1 is 1.48 bits per heavy atom. The fourth-order valence-electron chi connectivity index (χ4n) is 2.69. The van der Waals surface area contributed by atoms with Gasteiger partial charge in [0.1, 0.15) is 0 Å². The van der Waals surface area contributed by atoms with Crippen LogP contribution >= 0.6 is 0 Å². The minimum Gasteiger partial charge on any atom is -0.399 e. The molecule has 110 valence electrons. The summed E-state index contributed by atoms with van der Waals surface area (Å²) < 4.78 is 0. The van der Waals surface area contributed by atoms with Crippen LogP contribution in [0.2, 0.25) is 0 Å². The van der Waals surface area contributed by atoms with Crippen LogP contribution in [0.5, 0.6) is 0 Å². The van der Waals surface area contributed by atoms with Crippen molar-refractivity contribution in [2.75, 3.05) is 18.8 Å². The van der Waals surface area contributed by atoms with Crippen molar-refractivity contribution in [1.29, 1.82) is 0 Å². The number of carbonyl (C=O) groups excluding carboxylic acids is 2. The molecule has 2 heterocycles. The van der Waals surface area contributed by atoms with E-state index >= 15 is 0 Å². The van der Waals surface area contributed by atoms with Crippen molar-refractivity contribution in [3.63, 3.8) is 0 Å². The number of nitrogen functional groups attached to an aromatic ring is 1. The number of nitrogens with one attached hydrogen (secondary N) is 2. The average Bonchev–Trinajstić information content (AvgIpc) is 3.03. The van der Waals surface area contributed by atoms with Gasteiger partial charge in [-0.1, -0.05) is 0 Å². The second kappa shape index (κ2) is 5.08. The SMILES string of the molecule is CC(=O)NC1CCN(C(=O)c2n[nH]c3ccc(N)cc23)C1. The third-order valence-corrected chi connectivity index (χ3v) is 3.67.